The van der Waals surface area contributed by atoms with Crippen molar-refractivity contribution in [2.75, 3.05) is 0 Å². The standard InChI is InChI=1S/C14H13Cl2FN2/c15-12-2-1-3-13(16)11(12)8-14(19-18)9-4-6-10(17)7-5-9/h1-7,14,19H,8,18H2. The van der Waals surface area contributed by atoms with Gasteiger partial charge in [0.1, 0.15) is 5.82 Å². The number of hydrogen-bond donors (Lipinski definition) is 2. The lowest BCUT2D eigenvalue weighted by molar-refractivity contribution is 0.549. The van der Waals surface area contributed by atoms with E-state index in [1.807, 2.05) is 0 Å². The van der Waals surface area contributed by atoms with Crippen molar-refractivity contribution < 1.29 is 4.39 Å². The number of rotatable bonds is 4. The minimum atomic E-state index is -0.282. The third-order valence-electron chi connectivity index (χ3n) is 2.94. The molecule has 19 heavy (non-hydrogen) atoms. The van der Waals surface area contributed by atoms with Crippen LogP contribution in [0.1, 0.15) is 17.2 Å². The van der Waals surface area contributed by atoms with Crippen LogP contribution in [0.15, 0.2) is 42.5 Å². The van der Waals surface area contributed by atoms with Crippen LogP contribution in [0, 0.1) is 5.82 Å². The summed E-state index contributed by atoms with van der Waals surface area (Å²) in [5.41, 5.74) is 4.39. The molecule has 2 rings (SSSR count). The molecule has 0 heterocycles. The van der Waals surface area contributed by atoms with Crippen LogP contribution in [0.5, 0.6) is 0 Å². The first-order valence-corrected chi connectivity index (χ1v) is 6.52. The number of nitrogens with two attached hydrogens (primary N) is 1. The summed E-state index contributed by atoms with van der Waals surface area (Å²) in [5.74, 6) is 5.28. The third kappa shape index (κ3) is 3.45. The minimum Gasteiger partial charge on any atom is -0.271 e. The maximum absolute atomic E-state index is 12.9. The van der Waals surface area contributed by atoms with Crippen LogP contribution in [0.2, 0.25) is 10.0 Å². The van der Waals surface area contributed by atoms with Gasteiger partial charge in [0.05, 0.1) is 6.04 Å². The van der Waals surface area contributed by atoms with Crippen LogP contribution in [-0.4, -0.2) is 0 Å². The fourth-order valence-electron chi connectivity index (χ4n) is 1.90. The van der Waals surface area contributed by atoms with Crippen LogP contribution in [-0.2, 0) is 6.42 Å². The second kappa shape index (κ2) is 6.35. The van der Waals surface area contributed by atoms with E-state index in [-0.39, 0.29) is 11.9 Å². The van der Waals surface area contributed by atoms with E-state index in [2.05, 4.69) is 5.43 Å². The number of nitrogens with one attached hydrogen (secondary N) is 1. The molecule has 100 valence electrons. The van der Waals surface area contributed by atoms with Gasteiger partial charge in [-0.15, -0.1) is 0 Å². The number of halogens is 3. The molecule has 0 saturated heterocycles. The Hall–Kier alpha value is -1.13. The molecule has 1 atom stereocenters. The van der Waals surface area contributed by atoms with Crippen molar-refractivity contribution in [3.63, 3.8) is 0 Å². The van der Waals surface area contributed by atoms with Gasteiger partial charge in [-0.2, -0.15) is 0 Å². The highest BCUT2D eigenvalue weighted by Gasteiger charge is 2.14. The summed E-state index contributed by atoms with van der Waals surface area (Å²) < 4.78 is 12.9. The summed E-state index contributed by atoms with van der Waals surface area (Å²) in [7, 11) is 0. The van der Waals surface area contributed by atoms with Crippen LogP contribution in [0.3, 0.4) is 0 Å². The monoisotopic (exact) mass is 298 g/mol. The van der Waals surface area contributed by atoms with Gasteiger partial charge in [-0.25, -0.2) is 4.39 Å². The van der Waals surface area contributed by atoms with Crippen molar-refractivity contribution in [3.05, 3.63) is 69.5 Å². The Kier molecular flexibility index (Phi) is 4.77. The van der Waals surface area contributed by atoms with Crippen molar-refractivity contribution in [2.24, 2.45) is 5.84 Å². The van der Waals surface area contributed by atoms with Crippen molar-refractivity contribution in [3.8, 4) is 0 Å². The summed E-state index contributed by atoms with van der Waals surface area (Å²) in [6.07, 6.45) is 0.528. The number of hydrogen-bond acceptors (Lipinski definition) is 2. The van der Waals surface area contributed by atoms with Crippen molar-refractivity contribution in [1.29, 1.82) is 0 Å². The molecular weight excluding hydrogens is 286 g/mol. The molecule has 0 fully saturated rings. The van der Waals surface area contributed by atoms with Crippen LogP contribution >= 0.6 is 23.2 Å². The second-order valence-electron chi connectivity index (χ2n) is 4.18. The highest BCUT2D eigenvalue weighted by molar-refractivity contribution is 6.36. The minimum absolute atomic E-state index is 0.182. The average Bonchev–Trinajstić information content (AvgIpc) is 2.40. The Balaban J connectivity index is 2.26. The summed E-state index contributed by atoms with van der Waals surface area (Å²) in [6, 6.07) is 11.3. The molecule has 0 saturated carbocycles. The molecule has 2 aromatic carbocycles. The van der Waals surface area contributed by atoms with Crippen LogP contribution in [0.25, 0.3) is 0 Å². The fourth-order valence-corrected chi connectivity index (χ4v) is 2.45. The highest BCUT2D eigenvalue weighted by atomic mass is 35.5. The summed E-state index contributed by atoms with van der Waals surface area (Å²) in [6.45, 7) is 0. The van der Waals surface area contributed by atoms with Gasteiger partial charge in [0.15, 0.2) is 0 Å². The molecule has 3 N–H and O–H groups in total. The lowest BCUT2D eigenvalue weighted by atomic mass is 9.99. The smallest absolute Gasteiger partial charge is 0.123 e. The molecule has 0 aromatic heterocycles. The lowest BCUT2D eigenvalue weighted by Crippen LogP contribution is -2.29. The van der Waals surface area contributed by atoms with Crippen LogP contribution in [0.4, 0.5) is 4.39 Å². The average molecular weight is 299 g/mol. The normalized spacial score (nSPS) is 12.4. The third-order valence-corrected chi connectivity index (χ3v) is 3.65. The summed E-state index contributed by atoms with van der Waals surface area (Å²) >= 11 is 12.3. The van der Waals surface area contributed by atoms with Crippen molar-refractivity contribution in [2.45, 2.75) is 12.5 Å². The van der Waals surface area contributed by atoms with Crippen molar-refractivity contribution in [1.82, 2.24) is 5.43 Å². The Morgan fingerprint density at radius 2 is 1.63 bits per heavy atom. The molecule has 0 bridgehead atoms. The number of benzene rings is 2. The Labute approximate surface area is 121 Å². The van der Waals surface area contributed by atoms with E-state index in [0.717, 1.165) is 11.1 Å². The van der Waals surface area contributed by atoms with Gasteiger partial charge in [0.25, 0.3) is 0 Å². The molecule has 0 aliphatic carbocycles. The predicted octanol–water partition coefficient (Wildman–Crippen LogP) is 3.88. The maximum Gasteiger partial charge on any atom is 0.123 e. The second-order valence-corrected chi connectivity index (χ2v) is 4.99. The molecule has 2 aromatic rings. The number of hydrazine groups is 1. The summed E-state index contributed by atoms with van der Waals surface area (Å²) in [4.78, 5) is 0. The van der Waals surface area contributed by atoms with E-state index in [4.69, 9.17) is 29.0 Å². The van der Waals surface area contributed by atoms with Gasteiger partial charge in [0, 0.05) is 10.0 Å². The summed E-state index contributed by atoms with van der Waals surface area (Å²) in [5, 5.41) is 1.18. The first-order valence-electron chi connectivity index (χ1n) is 5.76. The predicted molar refractivity (Wildman–Crippen MR) is 76.6 cm³/mol. The Morgan fingerprint density at radius 1 is 1.05 bits per heavy atom. The first-order chi connectivity index (χ1) is 9.11. The van der Waals surface area contributed by atoms with E-state index < -0.39 is 0 Å². The topological polar surface area (TPSA) is 38.0 Å². The molecule has 5 heteroatoms. The van der Waals surface area contributed by atoms with E-state index in [9.17, 15) is 4.39 Å². The zero-order chi connectivity index (χ0) is 13.8. The molecular formula is C14H13Cl2FN2. The van der Waals surface area contributed by atoms with E-state index in [1.165, 1.54) is 12.1 Å². The molecule has 0 aliphatic heterocycles. The lowest BCUT2D eigenvalue weighted by Gasteiger charge is -2.18. The van der Waals surface area contributed by atoms with Gasteiger partial charge in [0.2, 0.25) is 0 Å². The fraction of sp³-hybridized carbons (Fsp3) is 0.143. The Morgan fingerprint density at radius 3 is 2.16 bits per heavy atom. The van der Waals surface area contributed by atoms with Gasteiger partial charge in [-0.05, 0) is 41.8 Å². The highest BCUT2D eigenvalue weighted by Crippen LogP contribution is 2.29. The van der Waals surface area contributed by atoms with E-state index >= 15 is 0 Å². The molecule has 1 unspecified atom stereocenters. The quantitative estimate of drug-likeness (QED) is 0.664. The van der Waals surface area contributed by atoms with Gasteiger partial charge >= 0.3 is 0 Å². The molecule has 0 aliphatic rings. The molecule has 0 amide bonds. The zero-order valence-electron chi connectivity index (χ0n) is 10.0. The molecule has 0 spiro atoms. The molecule has 2 nitrogen and oxygen atoms in total. The van der Waals surface area contributed by atoms with Crippen LogP contribution < -0.4 is 11.3 Å². The Bertz CT molecular complexity index is 538. The molecule has 0 radical (unpaired) electrons. The zero-order valence-corrected chi connectivity index (χ0v) is 11.5. The van der Waals surface area contributed by atoms with Gasteiger partial charge < -0.3 is 0 Å². The largest absolute Gasteiger partial charge is 0.271 e. The van der Waals surface area contributed by atoms with Crippen molar-refractivity contribution >= 4 is 23.2 Å². The van der Waals surface area contributed by atoms with E-state index in [1.54, 1.807) is 30.3 Å². The maximum atomic E-state index is 12.9. The van der Waals surface area contributed by atoms with Gasteiger partial charge in [-0.3, -0.25) is 11.3 Å². The SMILES string of the molecule is NNC(Cc1c(Cl)cccc1Cl)c1ccc(F)cc1. The van der Waals surface area contributed by atoms with E-state index in [0.29, 0.717) is 16.5 Å². The first kappa shape index (κ1) is 14.3. The van der Waals surface area contributed by atoms with Gasteiger partial charge in [-0.1, -0.05) is 41.4 Å².